The van der Waals surface area contributed by atoms with Crippen molar-refractivity contribution in [3.05, 3.63) is 0 Å². The van der Waals surface area contributed by atoms with Crippen LogP contribution in [0.2, 0.25) is 0 Å². The van der Waals surface area contributed by atoms with Crippen LogP contribution in [0.15, 0.2) is 0 Å². The third-order valence-corrected chi connectivity index (χ3v) is 3.93. The SMILES string of the molecule is CC1CCS(=O)(=O)C1N. The Morgan fingerprint density at radius 3 is 2.22 bits per heavy atom. The van der Waals surface area contributed by atoms with Gasteiger partial charge in [0.2, 0.25) is 0 Å². The van der Waals surface area contributed by atoms with Crippen molar-refractivity contribution >= 4 is 9.84 Å². The second-order valence-corrected chi connectivity index (χ2v) is 4.88. The van der Waals surface area contributed by atoms with Crippen molar-refractivity contribution in [2.45, 2.75) is 18.7 Å². The molecule has 1 aliphatic heterocycles. The zero-order valence-electron chi connectivity index (χ0n) is 5.37. The Bertz CT molecular complexity index is 197. The lowest BCUT2D eigenvalue weighted by Crippen LogP contribution is -2.30. The van der Waals surface area contributed by atoms with Crippen molar-refractivity contribution in [2.24, 2.45) is 11.7 Å². The van der Waals surface area contributed by atoms with E-state index < -0.39 is 15.2 Å². The fourth-order valence-electron chi connectivity index (χ4n) is 1.00. The summed E-state index contributed by atoms with van der Waals surface area (Å²) in [6.45, 7) is 1.87. The minimum Gasteiger partial charge on any atom is -0.315 e. The molecule has 3 nitrogen and oxygen atoms in total. The van der Waals surface area contributed by atoms with E-state index in [4.69, 9.17) is 5.73 Å². The molecule has 2 N–H and O–H groups in total. The van der Waals surface area contributed by atoms with Crippen LogP contribution in [0.3, 0.4) is 0 Å². The van der Waals surface area contributed by atoms with Crippen molar-refractivity contribution in [3.8, 4) is 0 Å². The van der Waals surface area contributed by atoms with Crippen molar-refractivity contribution in [3.63, 3.8) is 0 Å². The molecule has 0 amide bonds. The second kappa shape index (κ2) is 1.95. The summed E-state index contributed by atoms with van der Waals surface area (Å²) >= 11 is 0. The first-order valence-electron chi connectivity index (χ1n) is 3.01. The fourth-order valence-corrected chi connectivity index (χ4v) is 2.82. The molecule has 0 radical (unpaired) electrons. The molecule has 1 rings (SSSR count). The van der Waals surface area contributed by atoms with Crippen molar-refractivity contribution < 1.29 is 8.42 Å². The minimum absolute atomic E-state index is 0.148. The highest BCUT2D eigenvalue weighted by Crippen LogP contribution is 2.21. The zero-order chi connectivity index (χ0) is 7.07. The molecule has 0 bridgehead atoms. The molecule has 0 aromatic rings. The summed E-state index contributed by atoms with van der Waals surface area (Å²) < 4.78 is 21.7. The Morgan fingerprint density at radius 1 is 1.56 bits per heavy atom. The standard InChI is InChI=1S/C5H11NO2S/c1-4-2-3-9(7,8)5(4)6/h4-5H,2-3,6H2,1H3. The summed E-state index contributed by atoms with van der Waals surface area (Å²) in [4.78, 5) is 0. The molecule has 1 heterocycles. The third kappa shape index (κ3) is 1.09. The summed E-state index contributed by atoms with van der Waals surface area (Å²) in [5.41, 5.74) is 5.37. The summed E-state index contributed by atoms with van der Waals surface area (Å²) in [7, 11) is -2.90. The van der Waals surface area contributed by atoms with E-state index in [1.165, 1.54) is 0 Å². The van der Waals surface area contributed by atoms with E-state index in [2.05, 4.69) is 0 Å². The lowest BCUT2D eigenvalue weighted by Gasteiger charge is -2.05. The fraction of sp³-hybridized carbons (Fsp3) is 1.00. The van der Waals surface area contributed by atoms with Gasteiger partial charge in [-0.15, -0.1) is 0 Å². The summed E-state index contributed by atoms with van der Waals surface area (Å²) in [5.74, 6) is 0.421. The zero-order valence-corrected chi connectivity index (χ0v) is 6.19. The van der Waals surface area contributed by atoms with Crippen molar-refractivity contribution in [1.82, 2.24) is 0 Å². The molecule has 1 saturated heterocycles. The molecule has 1 aliphatic rings. The van der Waals surface area contributed by atoms with Gasteiger partial charge >= 0.3 is 0 Å². The molecule has 54 valence electrons. The molecule has 0 saturated carbocycles. The van der Waals surface area contributed by atoms with Crippen LogP contribution in [-0.4, -0.2) is 19.5 Å². The first-order chi connectivity index (χ1) is 4.04. The van der Waals surface area contributed by atoms with E-state index in [0.717, 1.165) is 6.42 Å². The molecule has 0 aromatic carbocycles. The molecule has 0 aliphatic carbocycles. The maximum absolute atomic E-state index is 10.8. The van der Waals surface area contributed by atoms with Crippen molar-refractivity contribution in [2.75, 3.05) is 5.75 Å². The Hall–Kier alpha value is -0.0900. The quantitative estimate of drug-likeness (QED) is 0.515. The topological polar surface area (TPSA) is 60.2 Å². The van der Waals surface area contributed by atoms with Crippen LogP contribution in [0.25, 0.3) is 0 Å². The van der Waals surface area contributed by atoms with E-state index in [1.807, 2.05) is 6.92 Å². The Kier molecular flexibility index (Phi) is 1.52. The molecule has 0 aromatic heterocycles. The molecule has 2 unspecified atom stereocenters. The van der Waals surface area contributed by atoms with E-state index in [0.29, 0.717) is 0 Å². The third-order valence-electron chi connectivity index (χ3n) is 1.83. The first-order valence-corrected chi connectivity index (χ1v) is 4.73. The van der Waals surface area contributed by atoms with Gasteiger partial charge in [-0.05, 0) is 12.3 Å². The average Bonchev–Trinajstić information content (AvgIpc) is 1.97. The Morgan fingerprint density at radius 2 is 2.11 bits per heavy atom. The van der Waals surface area contributed by atoms with Crippen LogP contribution < -0.4 is 5.73 Å². The van der Waals surface area contributed by atoms with Gasteiger partial charge in [0.25, 0.3) is 0 Å². The Labute approximate surface area is 55.2 Å². The van der Waals surface area contributed by atoms with Crippen LogP contribution in [-0.2, 0) is 9.84 Å². The van der Waals surface area contributed by atoms with Crippen LogP contribution in [0, 0.1) is 5.92 Å². The number of nitrogens with two attached hydrogens (primary N) is 1. The van der Waals surface area contributed by atoms with Crippen LogP contribution in [0.5, 0.6) is 0 Å². The predicted octanol–water partition coefficient (Wildman–Crippen LogP) is -0.274. The molecule has 9 heavy (non-hydrogen) atoms. The smallest absolute Gasteiger partial charge is 0.166 e. The van der Waals surface area contributed by atoms with Gasteiger partial charge in [0, 0.05) is 0 Å². The van der Waals surface area contributed by atoms with Gasteiger partial charge in [0.1, 0.15) is 5.37 Å². The van der Waals surface area contributed by atoms with Crippen LogP contribution >= 0.6 is 0 Å². The summed E-state index contributed by atoms with van der Waals surface area (Å²) in [6, 6.07) is 0. The molecule has 2 atom stereocenters. The lowest BCUT2D eigenvalue weighted by atomic mass is 10.1. The van der Waals surface area contributed by atoms with E-state index in [9.17, 15) is 8.42 Å². The first kappa shape index (κ1) is 7.02. The highest BCUT2D eigenvalue weighted by Gasteiger charge is 2.33. The van der Waals surface area contributed by atoms with Gasteiger partial charge in [-0.25, -0.2) is 8.42 Å². The van der Waals surface area contributed by atoms with Gasteiger partial charge in [-0.3, -0.25) is 0 Å². The van der Waals surface area contributed by atoms with Gasteiger partial charge < -0.3 is 5.73 Å². The molecule has 0 spiro atoms. The van der Waals surface area contributed by atoms with E-state index in [-0.39, 0.29) is 11.7 Å². The van der Waals surface area contributed by atoms with Gasteiger partial charge in [-0.2, -0.15) is 0 Å². The monoisotopic (exact) mass is 149 g/mol. The van der Waals surface area contributed by atoms with Gasteiger partial charge in [0.05, 0.1) is 5.75 Å². The van der Waals surface area contributed by atoms with E-state index in [1.54, 1.807) is 0 Å². The summed E-state index contributed by atoms with van der Waals surface area (Å²) in [6.07, 6.45) is 0.726. The Balaban J connectivity index is 2.87. The van der Waals surface area contributed by atoms with Crippen LogP contribution in [0.1, 0.15) is 13.3 Å². The maximum atomic E-state index is 10.8. The largest absolute Gasteiger partial charge is 0.315 e. The molecule has 1 fully saturated rings. The van der Waals surface area contributed by atoms with E-state index >= 15 is 0 Å². The predicted molar refractivity (Wildman–Crippen MR) is 35.5 cm³/mol. The molecular weight excluding hydrogens is 138 g/mol. The highest BCUT2D eigenvalue weighted by atomic mass is 32.2. The van der Waals surface area contributed by atoms with Gasteiger partial charge in [-0.1, -0.05) is 6.92 Å². The second-order valence-electron chi connectivity index (χ2n) is 2.60. The highest BCUT2D eigenvalue weighted by molar-refractivity contribution is 7.92. The number of sulfone groups is 1. The average molecular weight is 149 g/mol. The number of rotatable bonds is 0. The number of hydrogen-bond donors (Lipinski definition) is 1. The maximum Gasteiger partial charge on any atom is 0.166 e. The van der Waals surface area contributed by atoms with Gasteiger partial charge in [0.15, 0.2) is 9.84 Å². The normalized spacial score (nSPS) is 41.1. The number of hydrogen-bond acceptors (Lipinski definition) is 3. The summed E-state index contributed by atoms with van der Waals surface area (Å²) in [5, 5.41) is -0.600. The van der Waals surface area contributed by atoms with Crippen molar-refractivity contribution in [1.29, 1.82) is 0 Å². The molecule has 4 heteroatoms. The molecular formula is C5H11NO2S. The lowest BCUT2D eigenvalue weighted by molar-refractivity contribution is 0.549. The van der Waals surface area contributed by atoms with Crippen LogP contribution in [0.4, 0.5) is 0 Å². The minimum atomic E-state index is -2.90.